The van der Waals surface area contributed by atoms with Crippen molar-refractivity contribution in [2.45, 2.75) is 27.9 Å². The molecule has 3 rings (SSSR count). The summed E-state index contributed by atoms with van der Waals surface area (Å²) in [7, 11) is 7.00. The van der Waals surface area contributed by atoms with Crippen LogP contribution in [0.3, 0.4) is 0 Å². The van der Waals surface area contributed by atoms with Crippen LogP contribution in [-0.2, 0) is 9.47 Å². The van der Waals surface area contributed by atoms with E-state index in [4.69, 9.17) is 55.9 Å². The second kappa shape index (κ2) is 5.94. The summed E-state index contributed by atoms with van der Waals surface area (Å²) < 4.78 is 11.4. The Morgan fingerprint density at radius 1 is 1.00 bits per heavy atom. The molecule has 1 saturated carbocycles. The highest BCUT2D eigenvalue weighted by atomic mass is 35.5. The van der Waals surface area contributed by atoms with Crippen molar-refractivity contribution >= 4 is 52.1 Å². The average Bonchev–Trinajstić information content (AvgIpc) is 2.85. The van der Waals surface area contributed by atoms with Gasteiger partial charge < -0.3 is 14.4 Å². The van der Waals surface area contributed by atoms with Crippen LogP contribution >= 0.6 is 46.4 Å². The van der Waals surface area contributed by atoms with E-state index in [0.29, 0.717) is 11.5 Å². The molecule has 0 radical (unpaired) electrons. The third-order valence-corrected chi connectivity index (χ3v) is 7.80. The molecule has 3 nitrogen and oxygen atoms in total. The molecular formula is C17H19Cl4NO2. The predicted octanol–water partition coefficient (Wildman–Crippen LogP) is 4.89. The normalized spacial score (nSPS) is 34.1. The van der Waals surface area contributed by atoms with Crippen LogP contribution in [0.2, 0.25) is 0 Å². The van der Waals surface area contributed by atoms with Crippen molar-refractivity contribution in [3.63, 3.8) is 0 Å². The number of rotatable bonds is 4. The van der Waals surface area contributed by atoms with Gasteiger partial charge in [0.2, 0.25) is 5.79 Å². The maximum absolute atomic E-state index is 7.04. The summed E-state index contributed by atoms with van der Waals surface area (Å²) in [6, 6.07) is 8.12. The quantitative estimate of drug-likeness (QED) is 0.521. The van der Waals surface area contributed by atoms with Crippen LogP contribution in [0.15, 0.2) is 34.3 Å². The lowest BCUT2D eigenvalue weighted by atomic mass is 9.85. The Balaban J connectivity index is 2.13. The van der Waals surface area contributed by atoms with Gasteiger partial charge in [0.25, 0.3) is 0 Å². The summed E-state index contributed by atoms with van der Waals surface area (Å²) in [6.45, 7) is 0. The fourth-order valence-electron chi connectivity index (χ4n) is 4.00. The number of anilines is 1. The summed E-state index contributed by atoms with van der Waals surface area (Å²) in [5.41, 5.74) is 2.11. The van der Waals surface area contributed by atoms with E-state index in [9.17, 15) is 0 Å². The number of ether oxygens (including phenoxy) is 2. The predicted molar refractivity (Wildman–Crippen MR) is 101 cm³/mol. The van der Waals surface area contributed by atoms with Crippen molar-refractivity contribution in [2.24, 2.45) is 0 Å². The van der Waals surface area contributed by atoms with Gasteiger partial charge in [0.15, 0.2) is 0 Å². The lowest BCUT2D eigenvalue weighted by Gasteiger charge is -2.41. The van der Waals surface area contributed by atoms with E-state index in [0.717, 1.165) is 11.3 Å². The van der Waals surface area contributed by atoms with Crippen molar-refractivity contribution in [1.82, 2.24) is 0 Å². The molecule has 0 aliphatic heterocycles. The number of hydrogen-bond donors (Lipinski definition) is 0. The standard InChI is InChI=1S/C17H19Cl4NO2/c1-22(2)11-7-5-10(6-8-11)12-9-15(20)13(18)14(19)16(12,21)17(15,23-3)24-4/h5-8,12H,9H2,1-4H3/t12-,15-,16+/m1/s1. The van der Waals surface area contributed by atoms with E-state index in [-0.39, 0.29) is 11.0 Å². The SMILES string of the molecule is COC1(OC)[C@@]2(Cl)C[C@H](c3ccc(N(C)C)cc3)[C@]1(Cl)C(Cl)=C2Cl. The van der Waals surface area contributed by atoms with Gasteiger partial charge in [-0.15, -0.1) is 23.2 Å². The highest BCUT2D eigenvalue weighted by Crippen LogP contribution is 2.73. The fraction of sp³-hybridized carbons (Fsp3) is 0.529. The van der Waals surface area contributed by atoms with Gasteiger partial charge in [-0.25, -0.2) is 0 Å². The minimum Gasteiger partial charge on any atom is -0.378 e. The monoisotopic (exact) mass is 409 g/mol. The van der Waals surface area contributed by atoms with Gasteiger partial charge in [0.05, 0.1) is 10.1 Å². The Morgan fingerprint density at radius 3 is 1.96 bits per heavy atom. The zero-order valence-corrected chi connectivity index (χ0v) is 16.9. The molecule has 1 aromatic carbocycles. The first-order valence-corrected chi connectivity index (χ1v) is 9.02. The topological polar surface area (TPSA) is 21.7 Å². The van der Waals surface area contributed by atoms with E-state index in [2.05, 4.69) is 0 Å². The van der Waals surface area contributed by atoms with Gasteiger partial charge in [-0.2, -0.15) is 0 Å². The molecule has 0 amide bonds. The lowest BCUT2D eigenvalue weighted by Crippen LogP contribution is -2.56. The smallest absolute Gasteiger partial charge is 0.217 e. The van der Waals surface area contributed by atoms with Crippen molar-refractivity contribution in [3.8, 4) is 0 Å². The molecule has 1 fully saturated rings. The van der Waals surface area contributed by atoms with E-state index < -0.39 is 15.5 Å². The lowest BCUT2D eigenvalue weighted by molar-refractivity contribution is -0.217. The van der Waals surface area contributed by atoms with Crippen molar-refractivity contribution in [3.05, 3.63) is 39.9 Å². The second-order valence-electron chi connectivity index (χ2n) is 6.41. The minimum atomic E-state index is -1.33. The van der Waals surface area contributed by atoms with Crippen LogP contribution in [0.4, 0.5) is 5.69 Å². The van der Waals surface area contributed by atoms with Gasteiger partial charge >= 0.3 is 0 Å². The van der Waals surface area contributed by atoms with E-state index >= 15 is 0 Å². The number of nitrogens with zero attached hydrogens (tertiary/aromatic N) is 1. The van der Waals surface area contributed by atoms with Crippen molar-refractivity contribution in [1.29, 1.82) is 0 Å². The molecule has 0 unspecified atom stereocenters. The van der Waals surface area contributed by atoms with E-state index in [1.807, 2.05) is 43.3 Å². The Morgan fingerprint density at radius 2 is 1.54 bits per heavy atom. The molecule has 7 heteroatoms. The van der Waals surface area contributed by atoms with Crippen LogP contribution in [0.5, 0.6) is 0 Å². The first kappa shape index (κ1) is 18.6. The Labute approximate surface area is 162 Å². The molecule has 3 atom stereocenters. The molecule has 1 aromatic rings. The minimum absolute atomic E-state index is 0.192. The highest BCUT2D eigenvalue weighted by molar-refractivity contribution is 6.52. The molecule has 0 aromatic heterocycles. The number of hydrogen-bond acceptors (Lipinski definition) is 3. The maximum Gasteiger partial charge on any atom is 0.217 e. The van der Waals surface area contributed by atoms with Gasteiger partial charge in [-0.1, -0.05) is 35.3 Å². The van der Waals surface area contributed by atoms with Crippen LogP contribution in [0, 0.1) is 0 Å². The molecule has 0 spiro atoms. The number of benzene rings is 1. The molecule has 0 N–H and O–H groups in total. The van der Waals surface area contributed by atoms with Crippen molar-refractivity contribution in [2.75, 3.05) is 33.2 Å². The summed E-state index contributed by atoms with van der Waals surface area (Å²) >= 11 is 26.8. The Kier molecular flexibility index (Phi) is 4.61. The number of halogens is 4. The largest absolute Gasteiger partial charge is 0.378 e. The molecule has 132 valence electrons. The van der Waals surface area contributed by atoms with Gasteiger partial charge in [0.1, 0.15) is 9.75 Å². The number of fused-ring (bicyclic) bond motifs is 2. The molecule has 2 aliphatic rings. The Bertz CT molecular complexity index is 686. The molecule has 2 aliphatic carbocycles. The highest BCUT2D eigenvalue weighted by Gasteiger charge is 2.80. The summed E-state index contributed by atoms with van der Waals surface area (Å²) in [5.74, 6) is -1.52. The maximum atomic E-state index is 7.04. The molecule has 24 heavy (non-hydrogen) atoms. The van der Waals surface area contributed by atoms with Crippen molar-refractivity contribution < 1.29 is 9.47 Å². The zero-order chi connectivity index (χ0) is 17.9. The van der Waals surface area contributed by atoms with Gasteiger partial charge in [-0.05, 0) is 24.1 Å². The average molecular weight is 411 g/mol. The number of alkyl halides is 2. The van der Waals surface area contributed by atoms with Gasteiger partial charge in [-0.3, -0.25) is 0 Å². The summed E-state index contributed by atoms with van der Waals surface area (Å²) in [6.07, 6.45) is 0.468. The first-order chi connectivity index (χ1) is 11.2. The van der Waals surface area contributed by atoms with Crippen LogP contribution < -0.4 is 4.90 Å². The number of methoxy groups -OCH3 is 2. The molecular weight excluding hydrogens is 392 g/mol. The van der Waals surface area contributed by atoms with E-state index in [1.54, 1.807) is 0 Å². The van der Waals surface area contributed by atoms with Crippen LogP contribution in [0.1, 0.15) is 17.9 Å². The van der Waals surface area contributed by atoms with Crippen LogP contribution in [-0.4, -0.2) is 43.9 Å². The third-order valence-electron chi connectivity index (χ3n) is 5.21. The van der Waals surface area contributed by atoms with Crippen LogP contribution in [0.25, 0.3) is 0 Å². The second-order valence-corrected chi connectivity index (χ2v) is 8.41. The molecule has 2 bridgehead atoms. The molecule has 0 saturated heterocycles. The van der Waals surface area contributed by atoms with Gasteiger partial charge in [0, 0.05) is 39.9 Å². The fourth-order valence-corrected chi connectivity index (χ4v) is 6.07. The third kappa shape index (κ3) is 2.00. The summed E-state index contributed by atoms with van der Waals surface area (Å²) in [5, 5.41) is 0.586. The summed E-state index contributed by atoms with van der Waals surface area (Å²) in [4.78, 5) is -0.277. The first-order valence-electron chi connectivity index (χ1n) is 7.51. The van der Waals surface area contributed by atoms with E-state index in [1.165, 1.54) is 14.2 Å². The zero-order valence-electron chi connectivity index (χ0n) is 13.9. The Hall–Kier alpha value is -0.160. The molecule has 0 heterocycles.